The van der Waals surface area contributed by atoms with Crippen molar-refractivity contribution in [2.75, 3.05) is 19.0 Å². The highest BCUT2D eigenvalue weighted by Gasteiger charge is 2.39. The van der Waals surface area contributed by atoms with Crippen LogP contribution in [0.2, 0.25) is 0 Å². The maximum absolute atomic E-state index is 12.4. The summed E-state index contributed by atoms with van der Waals surface area (Å²) in [6, 6.07) is 2.35. The number of nitrogens with one attached hydrogen (secondary N) is 1. The molecular weight excluding hydrogens is 374 g/mol. The molecule has 1 saturated carbocycles. The Morgan fingerprint density at radius 3 is 2.76 bits per heavy atom. The summed E-state index contributed by atoms with van der Waals surface area (Å²) in [5, 5.41) is 24.2. The topological polar surface area (TPSA) is 129 Å². The zero-order valence-corrected chi connectivity index (χ0v) is 16.2. The molecule has 0 bridgehead atoms. The molecule has 0 aliphatic heterocycles. The molecule has 0 saturated heterocycles. The fourth-order valence-electron chi connectivity index (χ4n) is 3.78. The highest BCUT2D eigenvalue weighted by atomic mass is 16.3. The Morgan fingerprint density at radius 1 is 1.21 bits per heavy atom. The highest BCUT2D eigenvalue weighted by Crippen LogP contribution is 2.32. The molecule has 10 nitrogen and oxygen atoms in total. The van der Waals surface area contributed by atoms with E-state index in [9.17, 15) is 15.0 Å². The van der Waals surface area contributed by atoms with Crippen molar-refractivity contribution >= 4 is 22.9 Å². The molecule has 29 heavy (non-hydrogen) atoms. The fraction of sp³-hybridized carbons (Fsp3) is 0.421. The number of hydrogen-bond acceptors (Lipinski definition) is 8. The normalized spacial score (nSPS) is 24.4. The number of aromatic nitrogens is 5. The third kappa shape index (κ3) is 3.52. The summed E-state index contributed by atoms with van der Waals surface area (Å²) in [7, 11) is 3.74. The summed E-state index contributed by atoms with van der Waals surface area (Å²) in [4.78, 5) is 31.1. The van der Waals surface area contributed by atoms with Gasteiger partial charge in [-0.05, 0) is 25.0 Å². The number of aliphatic hydroxyl groups is 2. The molecule has 152 valence electrons. The van der Waals surface area contributed by atoms with Crippen LogP contribution in [0.4, 0.5) is 5.82 Å². The number of amides is 1. The first-order chi connectivity index (χ1) is 14.0. The minimum atomic E-state index is -1.12. The van der Waals surface area contributed by atoms with Crippen molar-refractivity contribution in [3.63, 3.8) is 0 Å². The Balaban J connectivity index is 1.53. The molecule has 0 aromatic carbocycles. The molecule has 0 spiro atoms. The Labute approximate surface area is 167 Å². The van der Waals surface area contributed by atoms with Gasteiger partial charge in [0.25, 0.3) is 5.91 Å². The third-order valence-corrected chi connectivity index (χ3v) is 5.29. The van der Waals surface area contributed by atoms with Crippen molar-refractivity contribution in [1.82, 2.24) is 29.8 Å². The molecule has 4 atom stereocenters. The molecule has 10 heteroatoms. The van der Waals surface area contributed by atoms with E-state index in [1.807, 2.05) is 19.0 Å². The summed E-state index contributed by atoms with van der Waals surface area (Å²) in [5.74, 6) is 0.352. The average molecular weight is 397 g/mol. The van der Waals surface area contributed by atoms with Crippen molar-refractivity contribution in [3.8, 4) is 0 Å². The van der Waals surface area contributed by atoms with Gasteiger partial charge in [-0.1, -0.05) is 0 Å². The molecule has 0 unspecified atom stereocenters. The van der Waals surface area contributed by atoms with Gasteiger partial charge < -0.3 is 25.0 Å². The lowest BCUT2D eigenvalue weighted by atomic mass is 9.85. The van der Waals surface area contributed by atoms with E-state index in [2.05, 4.69) is 25.3 Å². The molecule has 0 radical (unpaired) electrons. The highest BCUT2D eigenvalue weighted by molar-refractivity contribution is 5.94. The van der Waals surface area contributed by atoms with E-state index in [1.54, 1.807) is 29.2 Å². The van der Waals surface area contributed by atoms with E-state index in [-0.39, 0.29) is 5.91 Å². The van der Waals surface area contributed by atoms with E-state index in [0.717, 1.165) is 0 Å². The first-order valence-electron chi connectivity index (χ1n) is 9.39. The lowest BCUT2D eigenvalue weighted by molar-refractivity contribution is -0.0552. The predicted octanol–water partition coefficient (Wildman–Crippen LogP) is 0.143. The zero-order chi connectivity index (χ0) is 20.5. The molecule has 3 N–H and O–H groups in total. The summed E-state index contributed by atoms with van der Waals surface area (Å²) < 4.78 is 1.77. The number of nitrogens with zero attached hydrogens (tertiary/aromatic N) is 6. The number of imidazole rings is 1. The van der Waals surface area contributed by atoms with Crippen LogP contribution in [0.5, 0.6) is 0 Å². The fourth-order valence-corrected chi connectivity index (χ4v) is 3.78. The van der Waals surface area contributed by atoms with Gasteiger partial charge in [0.1, 0.15) is 18.5 Å². The molecule has 4 rings (SSSR count). The second-order valence-electron chi connectivity index (χ2n) is 7.36. The molecule has 1 aliphatic rings. The summed E-state index contributed by atoms with van der Waals surface area (Å²) in [6.07, 6.45) is 4.95. The second-order valence-corrected chi connectivity index (χ2v) is 7.36. The molecular formula is C19H23N7O3. The van der Waals surface area contributed by atoms with Crippen LogP contribution >= 0.6 is 0 Å². The van der Waals surface area contributed by atoms with Crippen LogP contribution in [-0.4, -0.2) is 73.0 Å². The second kappa shape index (κ2) is 7.72. The number of carbonyl (C=O) groups is 1. The molecule has 1 fully saturated rings. The standard InChI is InChI=1S/C19H23N7O3/c1-25(2)17-14-18(22-9-21-17)26(10-23-14)13-6-5-12(15(27)16(13)28)24-19(29)11-4-3-7-20-8-11/h3-4,7-10,12-13,15-16,27-28H,5-6H2,1-2H3,(H,24,29)/t12-,13-,15-,16-/m1/s1. The van der Waals surface area contributed by atoms with Gasteiger partial charge in [-0.15, -0.1) is 0 Å². The lowest BCUT2D eigenvalue weighted by Gasteiger charge is -2.38. The van der Waals surface area contributed by atoms with Crippen LogP contribution < -0.4 is 10.2 Å². The molecule has 3 aromatic heterocycles. The van der Waals surface area contributed by atoms with E-state index >= 15 is 0 Å². The zero-order valence-electron chi connectivity index (χ0n) is 16.2. The van der Waals surface area contributed by atoms with E-state index in [0.29, 0.717) is 35.4 Å². The van der Waals surface area contributed by atoms with Crippen molar-refractivity contribution in [2.45, 2.75) is 37.1 Å². The Morgan fingerprint density at radius 2 is 2.03 bits per heavy atom. The first kappa shape index (κ1) is 19.2. The van der Waals surface area contributed by atoms with Gasteiger partial charge in [-0.25, -0.2) is 15.0 Å². The van der Waals surface area contributed by atoms with Gasteiger partial charge >= 0.3 is 0 Å². The summed E-state index contributed by atoms with van der Waals surface area (Å²) in [6.45, 7) is 0. The lowest BCUT2D eigenvalue weighted by Crippen LogP contribution is -2.54. The maximum atomic E-state index is 12.4. The Kier molecular flexibility index (Phi) is 5.12. The van der Waals surface area contributed by atoms with Gasteiger partial charge in [0.15, 0.2) is 17.0 Å². The summed E-state index contributed by atoms with van der Waals surface area (Å²) in [5.41, 5.74) is 1.63. The summed E-state index contributed by atoms with van der Waals surface area (Å²) >= 11 is 0. The van der Waals surface area contributed by atoms with Gasteiger partial charge in [0.2, 0.25) is 0 Å². The van der Waals surface area contributed by atoms with Crippen molar-refractivity contribution in [2.24, 2.45) is 0 Å². The first-order valence-corrected chi connectivity index (χ1v) is 9.39. The van der Waals surface area contributed by atoms with Gasteiger partial charge in [0, 0.05) is 26.5 Å². The smallest absolute Gasteiger partial charge is 0.253 e. The number of anilines is 1. The molecule has 3 aromatic rings. The Hall–Kier alpha value is -3.11. The third-order valence-electron chi connectivity index (χ3n) is 5.29. The van der Waals surface area contributed by atoms with Crippen LogP contribution in [0.25, 0.3) is 11.2 Å². The molecule has 1 amide bonds. The van der Waals surface area contributed by atoms with Crippen molar-refractivity contribution in [1.29, 1.82) is 0 Å². The van der Waals surface area contributed by atoms with Crippen molar-refractivity contribution < 1.29 is 15.0 Å². The number of fused-ring (bicyclic) bond motifs is 1. The minimum absolute atomic E-state index is 0.329. The maximum Gasteiger partial charge on any atom is 0.253 e. The quantitative estimate of drug-likeness (QED) is 0.567. The van der Waals surface area contributed by atoms with Gasteiger partial charge in [0.05, 0.1) is 24.0 Å². The van der Waals surface area contributed by atoms with Gasteiger partial charge in [-0.2, -0.15) is 0 Å². The Bertz CT molecular complexity index is 1010. The van der Waals surface area contributed by atoms with Crippen molar-refractivity contribution in [3.05, 3.63) is 42.7 Å². The van der Waals surface area contributed by atoms with Crippen LogP contribution in [0, 0.1) is 0 Å². The number of rotatable bonds is 4. The number of pyridine rings is 1. The number of hydrogen-bond donors (Lipinski definition) is 3. The predicted molar refractivity (Wildman–Crippen MR) is 105 cm³/mol. The van der Waals surface area contributed by atoms with Crippen LogP contribution in [0.3, 0.4) is 0 Å². The number of aliphatic hydroxyl groups excluding tert-OH is 2. The SMILES string of the molecule is CN(C)c1ncnc2c1ncn2[C@@H]1CC[C@@H](NC(=O)c2cccnc2)[C@@H](O)[C@@H]1O. The van der Waals surface area contributed by atoms with Crippen LogP contribution in [0.1, 0.15) is 29.2 Å². The van der Waals surface area contributed by atoms with Gasteiger partial charge in [-0.3, -0.25) is 9.78 Å². The van der Waals surface area contributed by atoms with Crippen LogP contribution in [0.15, 0.2) is 37.2 Å². The van der Waals surface area contributed by atoms with E-state index in [1.165, 1.54) is 12.5 Å². The van der Waals surface area contributed by atoms with Crippen LogP contribution in [-0.2, 0) is 0 Å². The average Bonchev–Trinajstić information content (AvgIpc) is 3.16. The molecule has 1 aliphatic carbocycles. The minimum Gasteiger partial charge on any atom is -0.388 e. The van der Waals surface area contributed by atoms with E-state index in [4.69, 9.17) is 0 Å². The molecule has 3 heterocycles. The largest absolute Gasteiger partial charge is 0.388 e. The van der Waals surface area contributed by atoms with E-state index < -0.39 is 24.3 Å². The number of carbonyl (C=O) groups excluding carboxylic acids is 1. The monoisotopic (exact) mass is 397 g/mol.